The Kier molecular flexibility index (Phi) is 24.3. The summed E-state index contributed by atoms with van der Waals surface area (Å²) >= 11 is 0. The van der Waals surface area contributed by atoms with Crippen molar-refractivity contribution in [3.05, 3.63) is 24.3 Å². The van der Waals surface area contributed by atoms with Crippen LogP contribution in [0, 0.1) is 0 Å². The number of unbranched alkanes of at least 4 members (excludes halogenated alkanes) is 11. The van der Waals surface area contributed by atoms with Gasteiger partial charge in [-0.15, -0.1) is 0 Å². The number of carbonyl (C=O) groups is 1. The van der Waals surface area contributed by atoms with Crippen LogP contribution in [0.15, 0.2) is 24.3 Å². The summed E-state index contributed by atoms with van der Waals surface area (Å²) in [5, 5.41) is 70.8. The van der Waals surface area contributed by atoms with Gasteiger partial charge in [-0.25, -0.2) is 0 Å². The fraction of sp³-hybridized carbons (Fsp3) is 0.865. The Morgan fingerprint density at radius 1 is 0.647 bits per heavy atom. The van der Waals surface area contributed by atoms with E-state index in [2.05, 4.69) is 31.2 Å². The molecule has 2 heterocycles. The van der Waals surface area contributed by atoms with Gasteiger partial charge in [-0.05, 0) is 38.5 Å². The normalized spacial score (nSPS) is 30.7. The molecule has 14 nitrogen and oxygen atoms in total. The summed E-state index contributed by atoms with van der Waals surface area (Å²) in [5.41, 5.74) is 0. The van der Waals surface area contributed by atoms with Gasteiger partial charge in [0.2, 0.25) is 0 Å². The van der Waals surface area contributed by atoms with Crippen LogP contribution in [0.5, 0.6) is 0 Å². The summed E-state index contributed by atoms with van der Waals surface area (Å²) < 4.78 is 33.0. The Hall–Kier alpha value is -1.53. The lowest BCUT2D eigenvalue weighted by atomic mass is 9.98. The van der Waals surface area contributed by atoms with Gasteiger partial charge in [0.15, 0.2) is 12.6 Å². The molecule has 0 aromatic rings. The molecule has 7 N–H and O–H groups in total. The van der Waals surface area contributed by atoms with E-state index < -0.39 is 86.7 Å². The Morgan fingerprint density at radius 3 is 1.76 bits per heavy atom. The molecule has 0 spiro atoms. The highest BCUT2D eigenvalue weighted by Gasteiger charge is 2.47. The average Bonchev–Trinajstić information content (AvgIpc) is 3.11. The van der Waals surface area contributed by atoms with Crippen LogP contribution in [0.25, 0.3) is 0 Å². The third-order valence-corrected chi connectivity index (χ3v) is 9.01. The zero-order valence-electron chi connectivity index (χ0n) is 30.6. The van der Waals surface area contributed by atoms with E-state index in [0.717, 1.165) is 32.1 Å². The number of esters is 1. The molecule has 0 aromatic heterocycles. The second kappa shape index (κ2) is 27.1. The topological polar surface area (TPSA) is 214 Å². The maximum atomic E-state index is 11.7. The molecule has 0 aliphatic carbocycles. The van der Waals surface area contributed by atoms with Crippen molar-refractivity contribution in [1.29, 1.82) is 0 Å². The minimum absolute atomic E-state index is 0.0426. The highest BCUT2D eigenvalue weighted by atomic mass is 16.7. The first kappa shape index (κ1) is 45.6. The number of ether oxygens (including phenoxy) is 6. The molecule has 11 atom stereocenters. The average molecular weight is 735 g/mol. The van der Waals surface area contributed by atoms with E-state index in [1.165, 1.54) is 64.7 Å². The van der Waals surface area contributed by atoms with Crippen molar-refractivity contribution < 1.29 is 69.0 Å². The number of aliphatic hydroxyl groups is 7. The van der Waals surface area contributed by atoms with Crippen LogP contribution in [0.1, 0.15) is 104 Å². The second-order valence-corrected chi connectivity index (χ2v) is 13.5. The van der Waals surface area contributed by atoms with Gasteiger partial charge in [0, 0.05) is 13.5 Å². The van der Waals surface area contributed by atoms with Crippen molar-refractivity contribution in [3.8, 4) is 0 Å². The lowest BCUT2D eigenvalue weighted by Crippen LogP contribution is -2.61. The Bertz CT molecular complexity index is 948. The molecule has 2 aliphatic heterocycles. The first-order valence-electron chi connectivity index (χ1n) is 18.9. The van der Waals surface area contributed by atoms with E-state index in [0.29, 0.717) is 6.61 Å². The van der Waals surface area contributed by atoms with Gasteiger partial charge < -0.3 is 64.2 Å². The van der Waals surface area contributed by atoms with Crippen LogP contribution in [0.2, 0.25) is 0 Å². The van der Waals surface area contributed by atoms with Crippen molar-refractivity contribution in [2.24, 2.45) is 0 Å². The molecule has 298 valence electrons. The summed E-state index contributed by atoms with van der Waals surface area (Å²) in [6, 6.07) is 0. The van der Waals surface area contributed by atoms with Gasteiger partial charge in [-0.2, -0.15) is 0 Å². The number of aliphatic hydroxyl groups excluding tert-OH is 7. The number of allylic oxidation sites excluding steroid dienone is 4. The van der Waals surface area contributed by atoms with E-state index in [1.54, 1.807) is 0 Å². The van der Waals surface area contributed by atoms with Crippen molar-refractivity contribution in [2.45, 2.75) is 171 Å². The van der Waals surface area contributed by atoms with Crippen LogP contribution in [0.4, 0.5) is 0 Å². The summed E-state index contributed by atoms with van der Waals surface area (Å²) in [5.74, 6) is -0.556. The van der Waals surface area contributed by atoms with Gasteiger partial charge in [-0.1, -0.05) is 82.6 Å². The van der Waals surface area contributed by atoms with E-state index in [9.17, 15) is 40.5 Å². The molecule has 2 fully saturated rings. The maximum absolute atomic E-state index is 11.7. The minimum atomic E-state index is -1.70. The van der Waals surface area contributed by atoms with Crippen molar-refractivity contribution in [1.82, 2.24) is 0 Å². The third-order valence-electron chi connectivity index (χ3n) is 9.01. The van der Waals surface area contributed by atoms with Gasteiger partial charge in [0.1, 0.15) is 54.9 Å². The fourth-order valence-electron chi connectivity index (χ4n) is 5.90. The van der Waals surface area contributed by atoms with Crippen molar-refractivity contribution in [3.63, 3.8) is 0 Å². The molecule has 0 bridgehead atoms. The Balaban J connectivity index is 1.61. The fourth-order valence-corrected chi connectivity index (χ4v) is 5.90. The molecular formula is C37H66O14. The summed E-state index contributed by atoms with van der Waals surface area (Å²) in [6.45, 7) is 2.61. The summed E-state index contributed by atoms with van der Waals surface area (Å²) in [7, 11) is 0. The first-order valence-corrected chi connectivity index (χ1v) is 18.9. The van der Waals surface area contributed by atoms with E-state index >= 15 is 0 Å². The lowest BCUT2D eigenvalue weighted by molar-refractivity contribution is -0.332. The Labute approximate surface area is 303 Å². The van der Waals surface area contributed by atoms with E-state index in [4.69, 9.17) is 28.4 Å². The molecule has 0 amide bonds. The molecule has 2 saturated heterocycles. The number of rotatable bonds is 27. The highest BCUT2D eigenvalue weighted by molar-refractivity contribution is 5.66. The van der Waals surface area contributed by atoms with Crippen LogP contribution in [0.3, 0.4) is 0 Å². The molecule has 14 heteroatoms. The zero-order chi connectivity index (χ0) is 37.4. The molecule has 2 rings (SSSR count). The highest BCUT2D eigenvalue weighted by Crippen LogP contribution is 2.26. The second-order valence-electron chi connectivity index (χ2n) is 13.5. The molecule has 51 heavy (non-hydrogen) atoms. The number of hydrogen-bond acceptors (Lipinski definition) is 14. The lowest BCUT2D eigenvalue weighted by Gasteiger charge is -2.42. The van der Waals surface area contributed by atoms with Gasteiger partial charge in [-0.3, -0.25) is 4.79 Å². The Morgan fingerprint density at radius 2 is 1.18 bits per heavy atom. The zero-order valence-corrected chi connectivity index (χ0v) is 30.6. The van der Waals surface area contributed by atoms with Gasteiger partial charge in [0.25, 0.3) is 0 Å². The van der Waals surface area contributed by atoms with Crippen LogP contribution in [-0.2, 0) is 33.2 Å². The van der Waals surface area contributed by atoms with Crippen molar-refractivity contribution >= 4 is 5.97 Å². The largest absolute Gasteiger partial charge is 0.458 e. The standard InChI is InChI=1S/C37H66O14/c1-3-4-5-6-7-8-9-10-11-12-13-14-15-16-17-18-19-20-21-46-23-27(49-26(2)39)24-47-36-35(45)33(43)31(41)29(51-36)25-48-37-34(44)32(42)30(40)28(22-38)50-37/h7-8,10-11,27-38,40-45H,3-6,9,12-25H2,1-2H3/b8-7-,11-10-. The van der Waals surface area contributed by atoms with Gasteiger partial charge in [0.05, 0.1) is 26.4 Å². The third kappa shape index (κ3) is 17.9. The summed E-state index contributed by atoms with van der Waals surface area (Å²) in [6.07, 6.45) is 9.31. The molecule has 0 aromatic carbocycles. The van der Waals surface area contributed by atoms with Gasteiger partial charge >= 0.3 is 5.97 Å². The molecule has 11 unspecified atom stereocenters. The van der Waals surface area contributed by atoms with Crippen LogP contribution in [-0.4, -0.2) is 142 Å². The van der Waals surface area contributed by atoms with Crippen LogP contribution < -0.4 is 0 Å². The first-order chi connectivity index (χ1) is 24.6. The minimum Gasteiger partial charge on any atom is -0.458 e. The monoisotopic (exact) mass is 734 g/mol. The van der Waals surface area contributed by atoms with E-state index in [1.807, 2.05) is 0 Å². The molecular weight excluding hydrogens is 668 g/mol. The summed E-state index contributed by atoms with van der Waals surface area (Å²) in [4.78, 5) is 11.7. The maximum Gasteiger partial charge on any atom is 0.303 e. The van der Waals surface area contributed by atoms with Crippen molar-refractivity contribution in [2.75, 3.05) is 33.0 Å². The number of hydrogen-bond donors (Lipinski definition) is 7. The SMILES string of the molecule is CCCCC/C=C\C/C=C\CCCCCCCCCCOCC(COC1OC(COC2OC(CO)C(O)C(O)C2O)C(O)C(O)C1O)OC(C)=O. The predicted molar refractivity (Wildman–Crippen MR) is 187 cm³/mol. The molecule has 0 saturated carbocycles. The van der Waals surface area contributed by atoms with E-state index in [-0.39, 0.29) is 13.2 Å². The quantitative estimate of drug-likeness (QED) is 0.0366. The smallest absolute Gasteiger partial charge is 0.303 e. The van der Waals surface area contributed by atoms with Crippen LogP contribution >= 0.6 is 0 Å². The number of carbonyl (C=O) groups excluding carboxylic acids is 1. The molecule has 2 aliphatic rings. The predicted octanol–water partition coefficient (Wildman–Crippen LogP) is 2.17. The molecule has 0 radical (unpaired) electrons.